The predicted octanol–water partition coefficient (Wildman–Crippen LogP) is 1.54. The summed E-state index contributed by atoms with van der Waals surface area (Å²) in [5, 5.41) is 13.8. The lowest BCUT2D eigenvalue weighted by Gasteiger charge is -2.25. The van der Waals surface area contributed by atoms with Crippen LogP contribution in [0.4, 0.5) is 5.69 Å². The van der Waals surface area contributed by atoms with Gasteiger partial charge < -0.3 is 5.32 Å². The molecule has 1 aliphatic rings. The zero-order valence-electron chi connectivity index (χ0n) is 10.8. The Labute approximate surface area is 123 Å². The predicted molar refractivity (Wildman–Crippen MR) is 77.2 cm³/mol. The molecule has 0 radical (unpaired) electrons. The van der Waals surface area contributed by atoms with Crippen LogP contribution in [-0.2, 0) is 13.1 Å². The molecule has 0 aliphatic heterocycles. The van der Waals surface area contributed by atoms with Gasteiger partial charge in [0.2, 0.25) is 0 Å². The Kier molecular flexibility index (Phi) is 3.81. The van der Waals surface area contributed by atoms with E-state index in [2.05, 4.69) is 41.5 Å². The summed E-state index contributed by atoms with van der Waals surface area (Å²) in [5.74, 6) is 1.27. The van der Waals surface area contributed by atoms with Crippen LogP contribution in [0.25, 0.3) is 0 Å². The highest BCUT2D eigenvalue weighted by Crippen LogP contribution is 2.27. The Bertz CT molecular complexity index is 634. The molecule has 8 heteroatoms. The van der Waals surface area contributed by atoms with Crippen molar-refractivity contribution in [3.05, 3.63) is 33.2 Å². The second-order valence-electron chi connectivity index (χ2n) is 4.94. The summed E-state index contributed by atoms with van der Waals surface area (Å²) in [4.78, 5) is 16.4. The monoisotopic (exact) mass is 338 g/mol. The molecule has 0 spiro atoms. The highest BCUT2D eigenvalue weighted by Gasteiger charge is 2.20. The average molecular weight is 339 g/mol. The Morgan fingerprint density at radius 2 is 2.35 bits per heavy atom. The molecule has 1 aliphatic carbocycles. The number of nitrogens with zero attached hydrogens (tertiary/aromatic N) is 4. The van der Waals surface area contributed by atoms with E-state index in [4.69, 9.17) is 0 Å². The van der Waals surface area contributed by atoms with Crippen LogP contribution >= 0.6 is 15.9 Å². The van der Waals surface area contributed by atoms with E-state index in [1.807, 2.05) is 0 Å². The van der Waals surface area contributed by atoms with E-state index in [0.29, 0.717) is 35.0 Å². The normalized spacial score (nSPS) is 15.1. The lowest BCUT2D eigenvalue weighted by Crippen LogP contribution is -2.30. The first-order valence-corrected chi connectivity index (χ1v) is 7.37. The molecular formula is C12H15BrN6O. The van der Waals surface area contributed by atoms with Gasteiger partial charge in [0, 0.05) is 6.54 Å². The molecule has 0 atom stereocenters. The fourth-order valence-corrected chi connectivity index (χ4v) is 2.57. The Hall–Kier alpha value is -1.70. The largest absolute Gasteiger partial charge is 0.372 e. The summed E-state index contributed by atoms with van der Waals surface area (Å²) in [5.41, 5.74) is 0.404. The third-order valence-corrected chi connectivity index (χ3v) is 4.15. The maximum atomic E-state index is 12.4. The van der Waals surface area contributed by atoms with Crippen molar-refractivity contribution in [3.63, 3.8) is 0 Å². The second-order valence-corrected chi connectivity index (χ2v) is 5.79. The summed E-state index contributed by atoms with van der Waals surface area (Å²) in [6.07, 6.45) is 6.72. The quantitative estimate of drug-likeness (QED) is 0.863. The van der Waals surface area contributed by atoms with Crippen LogP contribution < -0.4 is 10.9 Å². The average Bonchev–Trinajstić information content (AvgIpc) is 2.89. The molecule has 7 nitrogen and oxygen atoms in total. The summed E-state index contributed by atoms with van der Waals surface area (Å²) in [7, 11) is 0. The number of halogens is 1. The highest BCUT2D eigenvalue weighted by atomic mass is 79.9. The molecule has 0 saturated heterocycles. The van der Waals surface area contributed by atoms with Gasteiger partial charge in [-0.15, -0.1) is 0 Å². The van der Waals surface area contributed by atoms with Gasteiger partial charge in [0.05, 0.1) is 17.2 Å². The minimum atomic E-state index is -0.106. The Balaban J connectivity index is 1.77. The molecule has 0 aromatic carbocycles. The smallest absolute Gasteiger partial charge is 0.291 e. The van der Waals surface area contributed by atoms with Crippen LogP contribution in [0.3, 0.4) is 0 Å². The molecule has 1 saturated carbocycles. The molecular weight excluding hydrogens is 324 g/mol. The van der Waals surface area contributed by atoms with Gasteiger partial charge in [0.15, 0.2) is 0 Å². The molecule has 0 bridgehead atoms. The number of hydrogen-bond acceptors (Lipinski definition) is 5. The SMILES string of the molecule is O=c1c(NCc2ncn[nH]2)c(Br)cnn1CC1CCC1. The van der Waals surface area contributed by atoms with Crippen molar-refractivity contribution in [2.75, 3.05) is 5.32 Å². The third-order valence-electron chi connectivity index (χ3n) is 3.55. The van der Waals surface area contributed by atoms with Gasteiger partial charge in [-0.2, -0.15) is 10.2 Å². The van der Waals surface area contributed by atoms with E-state index >= 15 is 0 Å². The van der Waals surface area contributed by atoms with E-state index in [0.717, 1.165) is 0 Å². The van der Waals surface area contributed by atoms with Crippen LogP contribution in [0.1, 0.15) is 25.1 Å². The first kappa shape index (κ1) is 13.3. The molecule has 2 N–H and O–H groups in total. The molecule has 1 fully saturated rings. The molecule has 0 amide bonds. The van der Waals surface area contributed by atoms with Crippen molar-refractivity contribution < 1.29 is 0 Å². The van der Waals surface area contributed by atoms with Crippen molar-refractivity contribution in [3.8, 4) is 0 Å². The molecule has 2 aromatic rings. The third kappa shape index (κ3) is 2.74. The molecule has 106 valence electrons. The Morgan fingerprint density at radius 1 is 1.50 bits per heavy atom. The van der Waals surface area contributed by atoms with E-state index in [1.165, 1.54) is 30.3 Å². The Morgan fingerprint density at radius 3 is 3.00 bits per heavy atom. The van der Waals surface area contributed by atoms with Gasteiger partial charge in [-0.05, 0) is 34.7 Å². The highest BCUT2D eigenvalue weighted by molar-refractivity contribution is 9.10. The topological polar surface area (TPSA) is 88.5 Å². The van der Waals surface area contributed by atoms with Gasteiger partial charge in [-0.1, -0.05) is 6.42 Å². The lowest BCUT2D eigenvalue weighted by molar-refractivity contribution is 0.262. The van der Waals surface area contributed by atoms with E-state index in [-0.39, 0.29) is 5.56 Å². The number of nitrogens with one attached hydrogen (secondary N) is 2. The minimum Gasteiger partial charge on any atom is -0.372 e. The van der Waals surface area contributed by atoms with Crippen molar-refractivity contribution in [2.45, 2.75) is 32.4 Å². The number of aromatic amines is 1. The standard InChI is InChI=1S/C12H15BrN6O/c13-9-4-17-19(6-8-2-1-3-8)12(20)11(9)14-5-10-15-7-16-18-10/h4,7-8,14H,1-3,5-6H2,(H,15,16,18). The van der Waals surface area contributed by atoms with Crippen LogP contribution in [0.5, 0.6) is 0 Å². The molecule has 20 heavy (non-hydrogen) atoms. The van der Waals surface area contributed by atoms with Gasteiger partial charge in [-0.25, -0.2) is 9.67 Å². The summed E-state index contributed by atoms with van der Waals surface area (Å²) in [6, 6.07) is 0. The zero-order chi connectivity index (χ0) is 13.9. The van der Waals surface area contributed by atoms with Gasteiger partial charge >= 0.3 is 0 Å². The van der Waals surface area contributed by atoms with Crippen molar-refractivity contribution in [1.82, 2.24) is 25.0 Å². The summed E-state index contributed by atoms with van der Waals surface area (Å²) >= 11 is 3.36. The van der Waals surface area contributed by atoms with Crippen molar-refractivity contribution >= 4 is 21.6 Å². The fourth-order valence-electron chi connectivity index (χ4n) is 2.17. The van der Waals surface area contributed by atoms with Crippen LogP contribution in [0, 0.1) is 5.92 Å². The van der Waals surface area contributed by atoms with E-state index in [1.54, 1.807) is 6.20 Å². The molecule has 2 aromatic heterocycles. The molecule has 3 rings (SSSR count). The first-order valence-electron chi connectivity index (χ1n) is 6.58. The number of aromatic nitrogens is 5. The second kappa shape index (κ2) is 5.74. The number of hydrogen-bond donors (Lipinski definition) is 2. The van der Waals surface area contributed by atoms with Crippen LogP contribution in [0.15, 0.2) is 21.8 Å². The zero-order valence-corrected chi connectivity index (χ0v) is 12.4. The maximum absolute atomic E-state index is 12.4. The van der Waals surface area contributed by atoms with Gasteiger partial charge in [0.1, 0.15) is 17.8 Å². The minimum absolute atomic E-state index is 0.106. The number of anilines is 1. The van der Waals surface area contributed by atoms with Crippen LogP contribution in [0.2, 0.25) is 0 Å². The van der Waals surface area contributed by atoms with E-state index < -0.39 is 0 Å². The van der Waals surface area contributed by atoms with Crippen molar-refractivity contribution in [2.24, 2.45) is 5.92 Å². The lowest BCUT2D eigenvalue weighted by atomic mass is 9.85. The molecule has 2 heterocycles. The number of H-pyrrole nitrogens is 1. The fraction of sp³-hybridized carbons (Fsp3) is 0.500. The summed E-state index contributed by atoms with van der Waals surface area (Å²) in [6.45, 7) is 1.12. The van der Waals surface area contributed by atoms with Gasteiger partial charge in [0.25, 0.3) is 5.56 Å². The summed E-state index contributed by atoms with van der Waals surface area (Å²) < 4.78 is 2.20. The first-order chi connectivity index (χ1) is 9.74. The van der Waals surface area contributed by atoms with Gasteiger partial charge in [-0.3, -0.25) is 9.89 Å². The molecule has 0 unspecified atom stereocenters. The van der Waals surface area contributed by atoms with E-state index in [9.17, 15) is 4.79 Å². The maximum Gasteiger partial charge on any atom is 0.291 e. The number of rotatable bonds is 5. The van der Waals surface area contributed by atoms with Crippen molar-refractivity contribution in [1.29, 1.82) is 0 Å². The van der Waals surface area contributed by atoms with Crippen LogP contribution in [-0.4, -0.2) is 25.0 Å².